The molecule has 0 fully saturated rings. The lowest BCUT2D eigenvalue weighted by Crippen LogP contribution is -1.98. The average Bonchev–Trinajstić information content (AvgIpc) is 2.34. The molecule has 2 heteroatoms. The lowest BCUT2D eigenvalue weighted by Gasteiger charge is -2.03. The molecular weight excluding hydrogens is 200 g/mol. The second-order valence-electron chi connectivity index (χ2n) is 4.16. The Bertz CT molecular complexity index is 151. The molecule has 0 radical (unpaired) electrons. The summed E-state index contributed by atoms with van der Waals surface area (Å²) >= 11 is 0. The maximum atomic E-state index is 10.2. The number of carbonyl (C=O) groups excluding carboxylic acids is 2. The van der Waals surface area contributed by atoms with E-state index < -0.39 is 0 Å². The van der Waals surface area contributed by atoms with Crippen LogP contribution in [0.3, 0.4) is 0 Å². The zero-order valence-electron chi connectivity index (χ0n) is 11.4. The topological polar surface area (TPSA) is 34.1 Å². The van der Waals surface area contributed by atoms with Gasteiger partial charge in [-0.2, -0.15) is 0 Å². The first-order valence-corrected chi connectivity index (χ1v) is 6.60. The highest BCUT2D eigenvalue weighted by Gasteiger charge is 2.01. The Hall–Kier alpha value is -0.660. The van der Waals surface area contributed by atoms with Gasteiger partial charge in [-0.25, -0.2) is 0 Å². The van der Waals surface area contributed by atoms with E-state index in [1.54, 1.807) is 0 Å². The fourth-order valence-electron chi connectivity index (χ4n) is 1.32. The van der Waals surface area contributed by atoms with Gasteiger partial charge in [-0.15, -0.1) is 0 Å². The Morgan fingerprint density at radius 1 is 0.812 bits per heavy atom. The number of hydrogen-bond donors (Lipinski definition) is 0. The highest BCUT2D eigenvalue weighted by Crippen LogP contribution is 2.08. The Labute approximate surface area is 101 Å². The first-order valence-electron chi connectivity index (χ1n) is 6.60. The van der Waals surface area contributed by atoms with Gasteiger partial charge < -0.3 is 9.59 Å². The normalized spacial score (nSPS) is 11.6. The predicted molar refractivity (Wildman–Crippen MR) is 69.5 cm³/mol. The Morgan fingerprint density at radius 3 is 1.44 bits per heavy atom. The third-order valence-electron chi connectivity index (χ3n) is 2.89. The minimum absolute atomic E-state index is 0.306. The van der Waals surface area contributed by atoms with Gasteiger partial charge in [0.25, 0.3) is 0 Å². The monoisotopic (exact) mass is 228 g/mol. The van der Waals surface area contributed by atoms with Gasteiger partial charge in [0, 0.05) is 11.8 Å². The molecule has 0 N–H and O–H groups in total. The molecule has 0 amide bonds. The largest absolute Gasteiger partial charge is 0.303 e. The van der Waals surface area contributed by atoms with E-state index in [0.717, 1.165) is 38.3 Å². The number of unbranched alkanes of at least 4 members (excludes halogenated alkanes) is 1. The highest BCUT2D eigenvalue weighted by molar-refractivity contribution is 5.53. The lowest BCUT2D eigenvalue weighted by molar-refractivity contribution is -0.112. The number of hydrogen-bond acceptors (Lipinski definition) is 2. The molecule has 0 rings (SSSR count). The van der Waals surface area contributed by atoms with E-state index in [9.17, 15) is 9.59 Å². The molecule has 0 aromatic heterocycles. The quantitative estimate of drug-likeness (QED) is 0.588. The van der Waals surface area contributed by atoms with Crippen molar-refractivity contribution in [2.45, 2.75) is 66.2 Å². The van der Waals surface area contributed by atoms with Crippen LogP contribution in [-0.2, 0) is 9.59 Å². The SMILES string of the molecule is CCC(C=O)CC.CCCCC(C=O)CC. The summed E-state index contributed by atoms with van der Waals surface area (Å²) in [5, 5.41) is 0. The first-order chi connectivity index (χ1) is 7.69. The Kier molecular flexibility index (Phi) is 15.9. The van der Waals surface area contributed by atoms with Crippen molar-refractivity contribution in [3.63, 3.8) is 0 Å². The first kappa shape index (κ1) is 17.7. The highest BCUT2D eigenvalue weighted by atomic mass is 16.1. The van der Waals surface area contributed by atoms with E-state index in [4.69, 9.17) is 0 Å². The van der Waals surface area contributed by atoms with Crippen LogP contribution >= 0.6 is 0 Å². The Morgan fingerprint density at radius 2 is 1.25 bits per heavy atom. The van der Waals surface area contributed by atoms with Gasteiger partial charge in [-0.1, -0.05) is 40.5 Å². The van der Waals surface area contributed by atoms with E-state index in [-0.39, 0.29) is 0 Å². The second kappa shape index (κ2) is 14.3. The molecule has 0 bridgehead atoms. The third kappa shape index (κ3) is 11.4. The molecule has 2 nitrogen and oxygen atoms in total. The van der Waals surface area contributed by atoms with E-state index in [2.05, 4.69) is 13.8 Å². The Balaban J connectivity index is 0. The van der Waals surface area contributed by atoms with Crippen LogP contribution < -0.4 is 0 Å². The number of aldehydes is 2. The fourth-order valence-corrected chi connectivity index (χ4v) is 1.32. The van der Waals surface area contributed by atoms with Crippen molar-refractivity contribution in [2.24, 2.45) is 11.8 Å². The standard InChI is InChI=1S/C8H16O.C6H12O/c1-3-5-6-8(4-2)7-9;1-3-6(4-2)5-7/h7-8H,3-6H2,1-2H3;5-6H,3-4H2,1-2H3. The molecule has 16 heavy (non-hydrogen) atoms. The van der Waals surface area contributed by atoms with Gasteiger partial charge in [0.15, 0.2) is 0 Å². The van der Waals surface area contributed by atoms with Crippen LogP contribution in [-0.4, -0.2) is 12.6 Å². The maximum absolute atomic E-state index is 10.2. The zero-order valence-corrected chi connectivity index (χ0v) is 11.4. The molecule has 0 saturated heterocycles. The van der Waals surface area contributed by atoms with Gasteiger partial charge in [-0.3, -0.25) is 0 Å². The van der Waals surface area contributed by atoms with Crippen molar-refractivity contribution in [2.75, 3.05) is 0 Å². The van der Waals surface area contributed by atoms with Gasteiger partial charge in [-0.05, 0) is 25.7 Å². The van der Waals surface area contributed by atoms with Crippen LogP contribution in [0.15, 0.2) is 0 Å². The van der Waals surface area contributed by atoms with Gasteiger partial charge in [0.05, 0.1) is 0 Å². The average molecular weight is 228 g/mol. The van der Waals surface area contributed by atoms with Crippen LogP contribution in [0.2, 0.25) is 0 Å². The third-order valence-corrected chi connectivity index (χ3v) is 2.89. The van der Waals surface area contributed by atoms with Crippen LogP contribution in [0.1, 0.15) is 66.2 Å². The molecular formula is C14H28O2. The van der Waals surface area contributed by atoms with Crippen molar-refractivity contribution in [1.82, 2.24) is 0 Å². The second-order valence-corrected chi connectivity index (χ2v) is 4.16. The summed E-state index contributed by atoms with van der Waals surface area (Å²) in [5.41, 5.74) is 0. The van der Waals surface area contributed by atoms with Crippen molar-refractivity contribution < 1.29 is 9.59 Å². The van der Waals surface area contributed by atoms with E-state index in [0.29, 0.717) is 11.8 Å². The maximum Gasteiger partial charge on any atom is 0.123 e. The minimum Gasteiger partial charge on any atom is -0.303 e. The van der Waals surface area contributed by atoms with E-state index in [1.807, 2.05) is 13.8 Å². The summed E-state index contributed by atoms with van der Waals surface area (Å²) in [5.74, 6) is 0.630. The number of carbonyl (C=O) groups is 2. The molecule has 0 aromatic rings. The molecule has 1 unspecified atom stereocenters. The summed E-state index contributed by atoms with van der Waals surface area (Å²) < 4.78 is 0. The summed E-state index contributed by atoms with van der Waals surface area (Å²) in [6.07, 6.45) is 8.55. The van der Waals surface area contributed by atoms with E-state index in [1.165, 1.54) is 12.8 Å². The smallest absolute Gasteiger partial charge is 0.123 e. The molecule has 0 heterocycles. The van der Waals surface area contributed by atoms with Gasteiger partial charge in [0.2, 0.25) is 0 Å². The van der Waals surface area contributed by atoms with Crippen molar-refractivity contribution in [3.8, 4) is 0 Å². The van der Waals surface area contributed by atoms with E-state index >= 15 is 0 Å². The van der Waals surface area contributed by atoms with Crippen LogP contribution in [0.25, 0.3) is 0 Å². The summed E-state index contributed by atoms with van der Waals surface area (Å²) in [6, 6.07) is 0. The fraction of sp³-hybridized carbons (Fsp3) is 0.857. The van der Waals surface area contributed by atoms with Crippen molar-refractivity contribution in [1.29, 1.82) is 0 Å². The predicted octanol–water partition coefficient (Wildman–Crippen LogP) is 4.02. The van der Waals surface area contributed by atoms with Crippen molar-refractivity contribution in [3.05, 3.63) is 0 Å². The summed E-state index contributed by atoms with van der Waals surface area (Å²) in [7, 11) is 0. The van der Waals surface area contributed by atoms with Crippen LogP contribution in [0.4, 0.5) is 0 Å². The van der Waals surface area contributed by atoms with Crippen molar-refractivity contribution >= 4 is 12.6 Å². The molecule has 0 saturated carbocycles. The molecule has 0 aliphatic rings. The van der Waals surface area contributed by atoms with Crippen LogP contribution in [0.5, 0.6) is 0 Å². The molecule has 0 spiro atoms. The van der Waals surface area contributed by atoms with Gasteiger partial charge in [0.1, 0.15) is 12.6 Å². The number of rotatable bonds is 8. The lowest BCUT2D eigenvalue weighted by atomic mass is 10.0. The molecule has 0 aliphatic carbocycles. The molecule has 1 atom stereocenters. The van der Waals surface area contributed by atoms with Gasteiger partial charge >= 0.3 is 0 Å². The summed E-state index contributed by atoms with van der Waals surface area (Å²) in [4.78, 5) is 20.2. The summed E-state index contributed by atoms with van der Waals surface area (Å²) in [6.45, 7) is 8.28. The zero-order chi connectivity index (χ0) is 12.8. The molecule has 0 aliphatic heterocycles. The minimum atomic E-state index is 0.306. The molecule has 0 aromatic carbocycles. The molecule has 96 valence electrons. The van der Waals surface area contributed by atoms with Crippen LogP contribution in [0, 0.1) is 11.8 Å².